The number of fused-ring (bicyclic) bond motifs is 2. The van der Waals surface area contributed by atoms with Crippen LogP contribution in [-0.4, -0.2) is 47.8 Å². The van der Waals surface area contributed by atoms with Crippen molar-refractivity contribution in [3.05, 3.63) is 120 Å². The van der Waals surface area contributed by atoms with E-state index in [1.165, 1.54) is 28.8 Å². The second kappa shape index (κ2) is 12.6. The zero-order valence-electron chi connectivity index (χ0n) is 24.8. The molecule has 0 saturated heterocycles. The van der Waals surface area contributed by atoms with Gasteiger partial charge in [-0.25, -0.2) is 9.07 Å². The SMILES string of the molecule is COc1ccc(-n2nc(-c3ccccc3)c3c2N(CC(=O)NCc2ccc(F)cc2)C(=O)CSC3c2ccc3c(c2)OCO3)cc1. The summed E-state index contributed by atoms with van der Waals surface area (Å²) in [6.07, 6.45) is 0. The maximum atomic E-state index is 14.0. The summed E-state index contributed by atoms with van der Waals surface area (Å²) in [6.45, 7) is 0.0961. The molecule has 9 nitrogen and oxygen atoms in total. The van der Waals surface area contributed by atoms with Gasteiger partial charge in [0.1, 0.15) is 23.9 Å². The molecule has 4 aromatic carbocycles. The van der Waals surface area contributed by atoms with Gasteiger partial charge >= 0.3 is 0 Å². The van der Waals surface area contributed by atoms with E-state index in [1.807, 2.05) is 72.8 Å². The van der Waals surface area contributed by atoms with Gasteiger partial charge in [-0.15, -0.1) is 11.8 Å². The monoisotopic (exact) mass is 636 g/mol. The molecular formula is C35H29FN4O5S. The van der Waals surface area contributed by atoms with Gasteiger partial charge in [0.05, 0.1) is 29.5 Å². The van der Waals surface area contributed by atoms with Crippen molar-refractivity contribution in [2.24, 2.45) is 0 Å². The van der Waals surface area contributed by atoms with Crippen LogP contribution in [0.2, 0.25) is 0 Å². The van der Waals surface area contributed by atoms with Gasteiger partial charge < -0.3 is 19.5 Å². The fraction of sp³-hybridized carbons (Fsp3) is 0.171. The van der Waals surface area contributed by atoms with Crippen molar-refractivity contribution in [3.63, 3.8) is 0 Å². The van der Waals surface area contributed by atoms with Gasteiger partial charge in [0.25, 0.3) is 0 Å². The van der Waals surface area contributed by atoms with Gasteiger partial charge in [-0.3, -0.25) is 14.5 Å². The first-order chi connectivity index (χ1) is 22.5. The summed E-state index contributed by atoms with van der Waals surface area (Å²) in [4.78, 5) is 29.0. The highest BCUT2D eigenvalue weighted by Gasteiger charge is 2.38. The molecule has 0 saturated carbocycles. The van der Waals surface area contributed by atoms with Crippen LogP contribution in [0.1, 0.15) is 21.9 Å². The zero-order chi connectivity index (χ0) is 31.6. The van der Waals surface area contributed by atoms with Gasteiger partial charge in [-0.2, -0.15) is 5.10 Å². The first-order valence-corrected chi connectivity index (χ1v) is 15.7. The third-order valence-corrected chi connectivity index (χ3v) is 9.11. The molecule has 11 heteroatoms. The topological polar surface area (TPSA) is 94.9 Å². The van der Waals surface area contributed by atoms with E-state index in [9.17, 15) is 14.0 Å². The fourth-order valence-electron chi connectivity index (χ4n) is 5.57. The van der Waals surface area contributed by atoms with Crippen LogP contribution in [-0.2, 0) is 16.1 Å². The molecule has 0 bridgehead atoms. The molecule has 232 valence electrons. The molecule has 1 N–H and O–H groups in total. The average molecular weight is 637 g/mol. The number of hydrogen-bond donors (Lipinski definition) is 1. The van der Waals surface area contributed by atoms with Crippen LogP contribution in [0.5, 0.6) is 17.2 Å². The van der Waals surface area contributed by atoms with Crippen molar-refractivity contribution in [2.45, 2.75) is 11.8 Å². The molecule has 46 heavy (non-hydrogen) atoms. The van der Waals surface area contributed by atoms with Crippen LogP contribution in [0.25, 0.3) is 16.9 Å². The first-order valence-electron chi connectivity index (χ1n) is 14.6. The number of thioether (sulfide) groups is 1. The molecule has 2 aliphatic rings. The summed E-state index contributed by atoms with van der Waals surface area (Å²) in [5, 5.41) is 7.67. The Bertz CT molecular complexity index is 1900. The Hall–Kier alpha value is -5.29. The van der Waals surface area contributed by atoms with Gasteiger partial charge in [0.15, 0.2) is 11.5 Å². The number of halogens is 1. The highest BCUT2D eigenvalue weighted by Crippen LogP contribution is 2.50. The number of nitrogens with zero attached hydrogens (tertiary/aromatic N) is 3. The zero-order valence-corrected chi connectivity index (χ0v) is 25.6. The molecule has 5 aromatic rings. The molecule has 2 amide bonds. The summed E-state index contributed by atoms with van der Waals surface area (Å²) >= 11 is 1.47. The van der Waals surface area contributed by atoms with Gasteiger partial charge in [-0.05, 0) is 59.7 Å². The number of aromatic nitrogens is 2. The van der Waals surface area contributed by atoms with Gasteiger partial charge in [-0.1, -0.05) is 48.5 Å². The van der Waals surface area contributed by atoms with Crippen LogP contribution in [0.4, 0.5) is 10.2 Å². The molecule has 0 aliphatic carbocycles. The maximum absolute atomic E-state index is 14.0. The lowest BCUT2D eigenvalue weighted by Gasteiger charge is -2.23. The molecule has 0 fully saturated rings. The van der Waals surface area contributed by atoms with Crippen molar-refractivity contribution >= 4 is 29.4 Å². The second-order valence-electron chi connectivity index (χ2n) is 10.7. The molecular weight excluding hydrogens is 607 g/mol. The van der Waals surface area contributed by atoms with E-state index in [2.05, 4.69) is 5.32 Å². The highest BCUT2D eigenvalue weighted by atomic mass is 32.2. The lowest BCUT2D eigenvalue weighted by Crippen LogP contribution is -2.42. The molecule has 2 aliphatic heterocycles. The van der Waals surface area contributed by atoms with E-state index in [4.69, 9.17) is 19.3 Å². The summed E-state index contributed by atoms with van der Waals surface area (Å²) < 4.78 is 31.8. The maximum Gasteiger partial charge on any atom is 0.240 e. The minimum absolute atomic E-state index is 0.121. The second-order valence-corrected chi connectivity index (χ2v) is 11.8. The minimum Gasteiger partial charge on any atom is -0.497 e. The summed E-state index contributed by atoms with van der Waals surface area (Å²) in [5.41, 5.74) is 4.70. The quantitative estimate of drug-likeness (QED) is 0.227. The number of amides is 2. The van der Waals surface area contributed by atoms with E-state index < -0.39 is 0 Å². The van der Waals surface area contributed by atoms with Crippen LogP contribution < -0.4 is 24.4 Å². The third-order valence-electron chi connectivity index (χ3n) is 7.86. The minimum atomic E-state index is -0.362. The Labute approximate surface area is 268 Å². The smallest absolute Gasteiger partial charge is 0.240 e. The van der Waals surface area contributed by atoms with E-state index in [1.54, 1.807) is 23.9 Å². The van der Waals surface area contributed by atoms with E-state index >= 15 is 0 Å². The van der Waals surface area contributed by atoms with Crippen LogP contribution >= 0.6 is 11.8 Å². The number of methoxy groups -OCH3 is 1. The van der Waals surface area contributed by atoms with E-state index in [0.29, 0.717) is 34.4 Å². The lowest BCUT2D eigenvalue weighted by atomic mass is 9.99. The van der Waals surface area contributed by atoms with Crippen LogP contribution in [0.15, 0.2) is 97.1 Å². The van der Waals surface area contributed by atoms with Crippen molar-refractivity contribution < 1.29 is 28.2 Å². The van der Waals surface area contributed by atoms with Gasteiger partial charge in [0.2, 0.25) is 18.6 Å². The number of benzene rings is 4. The molecule has 1 unspecified atom stereocenters. The first kappa shape index (κ1) is 29.4. The van der Waals surface area contributed by atoms with Crippen molar-refractivity contribution in [1.29, 1.82) is 0 Å². The predicted octanol–water partition coefficient (Wildman–Crippen LogP) is 5.90. The number of nitrogens with one attached hydrogen (secondary N) is 1. The fourth-order valence-corrected chi connectivity index (χ4v) is 6.76. The Morgan fingerprint density at radius 3 is 2.52 bits per heavy atom. The number of carbonyl (C=O) groups is 2. The molecule has 3 heterocycles. The van der Waals surface area contributed by atoms with E-state index in [0.717, 1.165) is 22.3 Å². The molecule has 0 radical (unpaired) electrons. The molecule has 0 spiro atoms. The van der Waals surface area contributed by atoms with Crippen LogP contribution in [0.3, 0.4) is 0 Å². The Kier molecular flexibility index (Phi) is 8.06. The van der Waals surface area contributed by atoms with Crippen molar-refractivity contribution in [2.75, 3.05) is 31.1 Å². The van der Waals surface area contributed by atoms with E-state index in [-0.39, 0.29) is 48.5 Å². The number of carbonyl (C=O) groups excluding carboxylic acids is 2. The Morgan fingerprint density at radius 2 is 1.76 bits per heavy atom. The molecule has 1 aromatic heterocycles. The third kappa shape index (κ3) is 5.77. The summed E-state index contributed by atoms with van der Waals surface area (Å²) in [7, 11) is 1.60. The Balaban J connectivity index is 1.37. The molecule has 1 atom stereocenters. The number of ether oxygens (including phenoxy) is 3. The summed E-state index contributed by atoms with van der Waals surface area (Å²) in [5.74, 6) is 1.64. The lowest BCUT2D eigenvalue weighted by molar-refractivity contribution is -0.123. The normalized spacial score (nSPS) is 15.3. The average Bonchev–Trinajstić information content (AvgIpc) is 3.69. The van der Waals surface area contributed by atoms with Gasteiger partial charge in [0, 0.05) is 17.7 Å². The summed E-state index contributed by atoms with van der Waals surface area (Å²) in [6, 6.07) is 28.9. The van der Waals surface area contributed by atoms with Crippen molar-refractivity contribution in [3.8, 4) is 34.2 Å². The number of hydrogen-bond acceptors (Lipinski definition) is 7. The largest absolute Gasteiger partial charge is 0.497 e. The van der Waals surface area contributed by atoms with Crippen molar-refractivity contribution in [1.82, 2.24) is 15.1 Å². The molecule has 7 rings (SSSR count). The highest BCUT2D eigenvalue weighted by molar-refractivity contribution is 8.00. The number of rotatable bonds is 8. The number of anilines is 1. The Morgan fingerprint density at radius 1 is 1.00 bits per heavy atom. The van der Waals surface area contributed by atoms with Crippen LogP contribution in [0, 0.1) is 5.82 Å². The predicted molar refractivity (Wildman–Crippen MR) is 173 cm³/mol. The standard InChI is InChI=1S/C35H29FN4O5S/c1-43-27-14-12-26(13-15-27)40-35-32(33(38-40)23-5-3-2-4-6-23)34(24-9-16-28-29(17-24)45-21-44-28)46-20-31(42)39(35)19-30(41)37-18-22-7-10-25(36)11-8-22/h2-17,34H,18-21H2,1H3,(H,37,41).